The van der Waals surface area contributed by atoms with Crippen LogP contribution in [0.4, 0.5) is 23.2 Å². The number of sulfone groups is 1. The van der Waals surface area contributed by atoms with Crippen LogP contribution >= 0.6 is 0 Å². The highest BCUT2D eigenvalue weighted by Crippen LogP contribution is 2.34. The molecule has 11 heteroatoms. The third-order valence-corrected chi connectivity index (χ3v) is 7.83. The Balaban J connectivity index is 1.70. The summed E-state index contributed by atoms with van der Waals surface area (Å²) in [6, 6.07) is 7.20. The monoisotopic (exact) mass is 563 g/mol. The van der Waals surface area contributed by atoms with E-state index in [9.17, 15) is 21.6 Å². The topological polar surface area (TPSA) is 63.6 Å². The smallest absolute Gasteiger partial charge is 0.394 e. The first kappa shape index (κ1) is 28.5. The van der Waals surface area contributed by atoms with Crippen LogP contribution in [0.25, 0.3) is 16.5 Å². The summed E-state index contributed by atoms with van der Waals surface area (Å²) in [6.45, 7) is 1.46. The van der Waals surface area contributed by atoms with E-state index in [1.807, 2.05) is 13.1 Å². The standard InChI is InChI=1S/C28H29F4N3O3S/c1-34-12-9-18(10-13-34)21-16-25-22(15-23(21)29)20(26(35(25)2)17-28(30,31)32)6-5-11-33-24-8-7-19(39(4,36)37)14-27(24)38-3/h7-9,14-16,33H,10-13,17H2,1-4H3. The van der Waals surface area contributed by atoms with Gasteiger partial charge in [0.15, 0.2) is 9.84 Å². The van der Waals surface area contributed by atoms with Crippen molar-refractivity contribution in [2.45, 2.75) is 23.9 Å². The van der Waals surface area contributed by atoms with Gasteiger partial charge < -0.3 is 19.5 Å². The van der Waals surface area contributed by atoms with Gasteiger partial charge in [0.2, 0.25) is 0 Å². The van der Waals surface area contributed by atoms with Crippen molar-refractivity contribution in [2.75, 3.05) is 45.4 Å². The average Bonchev–Trinajstić information content (AvgIpc) is 3.09. The van der Waals surface area contributed by atoms with Crippen molar-refractivity contribution in [2.24, 2.45) is 7.05 Å². The highest BCUT2D eigenvalue weighted by molar-refractivity contribution is 7.90. The predicted octanol–water partition coefficient (Wildman–Crippen LogP) is 5.02. The number of fused-ring (bicyclic) bond motifs is 1. The number of nitrogens with zero attached hydrogens (tertiary/aromatic N) is 2. The number of hydrogen-bond donors (Lipinski definition) is 1. The van der Waals surface area contributed by atoms with E-state index in [0.717, 1.165) is 18.4 Å². The summed E-state index contributed by atoms with van der Waals surface area (Å²) in [7, 11) is 1.46. The molecule has 0 fully saturated rings. The summed E-state index contributed by atoms with van der Waals surface area (Å²) in [6.07, 6.45) is -2.02. The summed E-state index contributed by atoms with van der Waals surface area (Å²) >= 11 is 0. The Bertz CT molecular complexity index is 1610. The summed E-state index contributed by atoms with van der Waals surface area (Å²) in [5, 5.41) is 3.31. The van der Waals surface area contributed by atoms with Gasteiger partial charge in [-0.15, -0.1) is 0 Å². The largest absolute Gasteiger partial charge is 0.495 e. The van der Waals surface area contributed by atoms with E-state index in [4.69, 9.17) is 4.74 Å². The molecule has 3 aromatic rings. The van der Waals surface area contributed by atoms with Gasteiger partial charge in [0, 0.05) is 49.1 Å². The first-order valence-corrected chi connectivity index (χ1v) is 14.0. The van der Waals surface area contributed by atoms with Gasteiger partial charge in [0.05, 0.1) is 41.7 Å². The van der Waals surface area contributed by atoms with E-state index in [2.05, 4.69) is 22.1 Å². The Morgan fingerprint density at radius 1 is 1.15 bits per heavy atom. The van der Waals surface area contributed by atoms with Crippen LogP contribution in [0, 0.1) is 17.7 Å². The maximum absolute atomic E-state index is 15.3. The van der Waals surface area contributed by atoms with Gasteiger partial charge in [-0.2, -0.15) is 13.2 Å². The third-order valence-electron chi connectivity index (χ3n) is 6.72. The lowest BCUT2D eigenvalue weighted by atomic mass is 9.97. The molecule has 0 spiro atoms. The molecule has 0 saturated heterocycles. The normalized spacial score (nSPS) is 14.6. The number of hydrogen-bond acceptors (Lipinski definition) is 5. The highest BCUT2D eigenvalue weighted by atomic mass is 32.2. The first-order chi connectivity index (χ1) is 18.3. The van der Waals surface area contributed by atoms with Crippen molar-refractivity contribution in [1.29, 1.82) is 0 Å². The second-order valence-electron chi connectivity index (χ2n) is 9.55. The van der Waals surface area contributed by atoms with E-state index in [-0.39, 0.29) is 28.4 Å². The lowest BCUT2D eigenvalue weighted by molar-refractivity contribution is -0.128. The molecule has 39 heavy (non-hydrogen) atoms. The molecule has 0 radical (unpaired) electrons. The molecule has 0 amide bonds. The van der Waals surface area contributed by atoms with Gasteiger partial charge in [-0.1, -0.05) is 17.9 Å². The fourth-order valence-electron chi connectivity index (χ4n) is 4.63. The Kier molecular flexibility index (Phi) is 8.00. The van der Waals surface area contributed by atoms with Crippen LogP contribution in [0.3, 0.4) is 0 Å². The Labute approximate surface area is 225 Å². The second-order valence-corrected chi connectivity index (χ2v) is 11.6. The maximum atomic E-state index is 15.3. The summed E-state index contributed by atoms with van der Waals surface area (Å²) in [4.78, 5) is 2.18. The molecule has 0 unspecified atom stereocenters. The molecule has 0 aliphatic carbocycles. The zero-order chi connectivity index (χ0) is 28.5. The number of aromatic nitrogens is 1. The number of likely N-dealkylation sites (N-methyl/N-ethyl adjacent to an activating group) is 1. The number of methoxy groups -OCH3 is 1. The van der Waals surface area contributed by atoms with Gasteiger partial charge in [0.25, 0.3) is 0 Å². The van der Waals surface area contributed by atoms with Crippen LogP contribution in [-0.2, 0) is 23.3 Å². The van der Waals surface area contributed by atoms with Crippen molar-refractivity contribution in [3.05, 3.63) is 59.0 Å². The fraction of sp³-hybridized carbons (Fsp3) is 0.357. The highest BCUT2D eigenvalue weighted by Gasteiger charge is 2.32. The molecule has 208 valence electrons. The number of rotatable bonds is 6. The van der Waals surface area contributed by atoms with Gasteiger partial charge in [-0.25, -0.2) is 12.8 Å². The minimum absolute atomic E-state index is 0.0252. The fourth-order valence-corrected chi connectivity index (χ4v) is 5.26. The minimum atomic E-state index is -4.48. The van der Waals surface area contributed by atoms with E-state index in [1.54, 1.807) is 6.07 Å². The molecular weight excluding hydrogens is 534 g/mol. The number of aryl methyl sites for hydroxylation is 1. The average molecular weight is 564 g/mol. The Hall–Kier alpha value is -3.49. The SMILES string of the molecule is COc1cc(S(C)(=O)=O)ccc1NCC#Cc1c(CC(F)(F)F)n(C)c2cc(C3=CCN(C)CC3)c(F)cc12. The molecule has 0 saturated carbocycles. The van der Waals surface area contributed by atoms with Gasteiger partial charge in [-0.3, -0.25) is 0 Å². The van der Waals surface area contributed by atoms with E-state index >= 15 is 4.39 Å². The second kappa shape index (κ2) is 10.9. The third kappa shape index (κ3) is 6.40. The molecule has 4 rings (SSSR count). The van der Waals surface area contributed by atoms with Crippen molar-refractivity contribution in [1.82, 2.24) is 9.47 Å². The van der Waals surface area contributed by atoms with E-state index in [0.29, 0.717) is 35.1 Å². The number of ether oxygens (including phenoxy) is 1. The number of anilines is 1. The number of benzene rings is 2. The quantitative estimate of drug-likeness (QED) is 0.337. The molecule has 1 N–H and O–H groups in total. The lowest BCUT2D eigenvalue weighted by Crippen LogP contribution is -2.23. The summed E-state index contributed by atoms with van der Waals surface area (Å²) < 4.78 is 86.1. The van der Waals surface area contributed by atoms with Gasteiger partial charge in [-0.05, 0) is 43.3 Å². The maximum Gasteiger partial charge on any atom is 0.394 e. The number of nitrogens with one attached hydrogen (secondary N) is 1. The molecule has 1 aromatic heterocycles. The molecule has 1 aliphatic rings. The van der Waals surface area contributed by atoms with Crippen LogP contribution in [0.5, 0.6) is 5.75 Å². The Morgan fingerprint density at radius 2 is 1.90 bits per heavy atom. The lowest BCUT2D eigenvalue weighted by Gasteiger charge is -2.22. The van der Waals surface area contributed by atoms with Crippen molar-refractivity contribution in [3.63, 3.8) is 0 Å². The Morgan fingerprint density at radius 3 is 2.51 bits per heavy atom. The van der Waals surface area contributed by atoms with E-state index in [1.165, 1.54) is 43.0 Å². The van der Waals surface area contributed by atoms with Crippen molar-refractivity contribution >= 4 is 32.0 Å². The van der Waals surface area contributed by atoms with Crippen LogP contribution in [-0.4, -0.2) is 64.1 Å². The molecule has 0 atom stereocenters. The first-order valence-electron chi connectivity index (χ1n) is 12.1. The minimum Gasteiger partial charge on any atom is -0.495 e. The van der Waals surface area contributed by atoms with Gasteiger partial charge >= 0.3 is 6.18 Å². The summed E-state index contributed by atoms with van der Waals surface area (Å²) in [5.41, 5.74) is 2.23. The summed E-state index contributed by atoms with van der Waals surface area (Å²) in [5.74, 6) is 5.42. The molecule has 0 bridgehead atoms. The van der Waals surface area contributed by atoms with Crippen LogP contribution in [0.15, 0.2) is 41.3 Å². The number of halogens is 4. The zero-order valence-corrected chi connectivity index (χ0v) is 22.9. The molecule has 2 aromatic carbocycles. The van der Waals surface area contributed by atoms with E-state index < -0.39 is 28.3 Å². The predicted molar refractivity (Wildman–Crippen MR) is 144 cm³/mol. The van der Waals surface area contributed by atoms with Crippen LogP contribution < -0.4 is 10.1 Å². The molecule has 2 heterocycles. The number of alkyl halides is 3. The van der Waals surface area contributed by atoms with Crippen molar-refractivity contribution < 1.29 is 30.7 Å². The van der Waals surface area contributed by atoms with Crippen molar-refractivity contribution in [3.8, 4) is 17.6 Å². The molecule has 6 nitrogen and oxygen atoms in total. The molecule has 1 aliphatic heterocycles. The molecular formula is C28H29F4N3O3S. The zero-order valence-electron chi connectivity index (χ0n) is 22.0. The van der Waals surface area contributed by atoms with Gasteiger partial charge in [0.1, 0.15) is 11.6 Å². The van der Waals surface area contributed by atoms with Crippen LogP contribution in [0.2, 0.25) is 0 Å². The van der Waals surface area contributed by atoms with Crippen LogP contribution in [0.1, 0.15) is 23.2 Å².